The van der Waals surface area contributed by atoms with Crippen molar-refractivity contribution in [3.63, 3.8) is 0 Å². The number of hydrogen-bond acceptors (Lipinski definition) is 3. The number of carbonyl (C=O) groups is 1. The summed E-state index contributed by atoms with van der Waals surface area (Å²) in [4.78, 5) is 12.3. The number of fused-ring (bicyclic) bond motifs is 1. The predicted octanol–water partition coefficient (Wildman–Crippen LogP) is 3.07. The van der Waals surface area contributed by atoms with E-state index in [2.05, 4.69) is 46.7 Å². The molecule has 2 heterocycles. The van der Waals surface area contributed by atoms with E-state index >= 15 is 0 Å². The first-order valence-corrected chi connectivity index (χ1v) is 8.28. The van der Waals surface area contributed by atoms with Gasteiger partial charge in [-0.1, -0.05) is 36.4 Å². The fraction of sp³-hybridized carbons (Fsp3) is 0.316. The molecule has 0 aliphatic carbocycles. The number of nitrogens with zero attached hydrogens (tertiary/aromatic N) is 2. The lowest BCUT2D eigenvalue weighted by Gasteiger charge is -2.35. The van der Waals surface area contributed by atoms with Gasteiger partial charge in [0.15, 0.2) is 0 Å². The molecule has 1 atom stereocenters. The lowest BCUT2D eigenvalue weighted by Crippen LogP contribution is -2.46. The zero-order valence-electron chi connectivity index (χ0n) is 13.1. The van der Waals surface area contributed by atoms with E-state index in [9.17, 15) is 4.79 Å². The monoisotopic (exact) mass is 307 g/mol. The maximum absolute atomic E-state index is 12.3. The van der Waals surface area contributed by atoms with Crippen molar-refractivity contribution in [3.8, 4) is 0 Å². The molecule has 4 rings (SSSR count). The van der Waals surface area contributed by atoms with Crippen LogP contribution in [0.5, 0.6) is 0 Å². The zero-order valence-corrected chi connectivity index (χ0v) is 13.1. The molecule has 2 aromatic rings. The standard InChI is InChI=1S/C19H21N3O/c23-19-12-13-21(17-7-2-1-3-8-17)22(19)14-16-11-10-15-6-4-5-9-18(15)20-16/h1-9,16,20H,10-14H2. The molecule has 23 heavy (non-hydrogen) atoms. The van der Waals surface area contributed by atoms with Gasteiger partial charge >= 0.3 is 0 Å². The number of benzene rings is 2. The van der Waals surface area contributed by atoms with Crippen LogP contribution >= 0.6 is 0 Å². The van der Waals surface area contributed by atoms with Gasteiger partial charge in [-0.3, -0.25) is 14.8 Å². The van der Waals surface area contributed by atoms with Crippen molar-refractivity contribution in [2.45, 2.75) is 25.3 Å². The van der Waals surface area contributed by atoms with Crippen molar-refractivity contribution in [1.29, 1.82) is 0 Å². The normalized spacial score (nSPS) is 20.3. The van der Waals surface area contributed by atoms with Gasteiger partial charge in [-0.25, -0.2) is 0 Å². The summed E-state index contributed by atoms with van der Waals surface area (Å²) in [5, 5.41) is 7.63. The van der Waals surface area contributed by atoms with E-state index < -0.39 is 0 Å². The Morgan fingerprint density at radius 3 is 2.65 bits per heavy atom. The maximum Gasteiger partial charge on any atom is 0.243 e. The molecule has 4 nitrogen and oxygen atoms in total. The maximum atomic E-state index is 12.3. The fourth-order valence-electron chi connectivity index (χ4n) is 3.50. The molecule has 0 radical (unpaired) electrons. The Morgan fingerprint density at radius 1 is 1.00 bits per heavy atom. The second kappa shape index (κ2) is 5.95. The van der Waals surface area contributed by atoms with Crippen LogP contribution < -0.4 is 10.3 Å². The molecule has 118 valence electrons. The number of rotatable bonds is 3. The van der Waals surface area contributed by atoms with Crippen LogP contribution in [0.1, 0.15) is 18.4 Å². The first-order valence-electron chi connectivity index (χ1n) is 8.28. The van der Waals surface area contributed by atoms with Crippen LogP contribution in [0.4, 0.5) is 11.4 Å². The Kier molecular flexibility index (Phi) is 3.66. The Hall–Kier alpha value is -2.49. The van der Waals surface area contributed by atoms with E-state index in [4.69, 9.17) is 0 Å². The number of nitrogens with one attached hydrogen (secondary N) is 1. The van der Waals surface area contributed by atoms with Crippen LogP contribution in [0.2, 0.25) is 0 Å². The first-order chi connectivity index (χ1) is 11.3. The number of amides is 1. The summed E-state index contributed by atoms with van der Waals surface area (Å²) in [5.74, 6) is 0.217. The highest BCUT2D eigenvalue weighted by atomic mass is 16.2. The summed E-state index contributed by atoms with van der Waals surface area (Å²) in [6, 6.07) is 18.9. The minimum absolute atomic E-state index is 0.217. The molecular weight excluding hydrogens is 286 g/mol. The van der Waals surface area contributed by atoms with Crippen LogP contribution in [0.15, 0.2) is 54.6 Å². The fourth-order valence-corrected chi connectivity index (χ4v) is 3.50. The van der Waals surface area contributed by atoms with Crippen LogP contribution in [0, 0.1) is 0 Å². The highest BCUT2D eigenvalue weighted by Crippen LogP contribution is 2.27. The number of carbonyl (C=O) groups excluding carboxylic acids is 1. The first kappa shape index (κ1) is 14.1. The van der Waals surface area contributed by atoms with Gasteiger partial charge in [0.25, 0.3) is 0 Å². The van der Waals surface area contributed by atoms with Crippen molar-refractivity contribution in [1.82, 2.24) is 5.01 Å². The Bertz CT molecular complexity index is 701. The molecule has 0 spiro atoms. The van der Waals surface area contributed by atoms with Gasteiger partial charge in [-0.2, -0.15) is 0 Å². The van der Waals surface area contributed by atoms with Gasteiger partial charge < -0.3 is 5.32 Å². The summed E-state index contributed by atoms with van der Waals surface area (Å²) in [5.41, 5.74) is 3.67. The molecular formula is C19H21N3O. The molecule has 1 saturated heterocycles. The van der Waals surface area contributed by atoms with Crippen molar-refractivity contribution in [2.24, 2.45) is 0 Å². The molecule has 4 heteroatoms. The quantitative estimate of drug-likeness (QED) is 0.946. The van der Waals surface area contributed by atoms with Gasteiger partial charge in [-0.15, -0.1) is 0 Å². The van der Waals surface area contributed by atoms with Crippen molar-refractivity contribution < 1.29 is 4.79 Å². The summed E-state index contributed by atoms with van der Waals surface area (Å²) >= 11 is 0. The highest BCUT2D eigenvalue weighted by Gasteiger charge is 2.32. The average Bonchev–Trinajstić information content (AvgIpc) is 2.96. The van der Waals surface area contributed by atoms with Gasteiger partial charge in [-0.05, 0) is 36.6 Å². The van der Waals surface area contributed by atoms with Crippen molar-refractivity contribution >= 4 is 17.3 Å². The Morgan fingerprint density at radius 2 is 1.78 bits per heavy atom. The second-order valence-electron chi connectivity index (χ2n) is 6.22. The molecule has 2 aromatic carbocycles. The summed E-state index contributed by atoms with van der Waals surface area (Å²) in [6.45, 7) is 1.49. The number of para-hydroxylation sites is 2. The third kappa shape index (κ3) is 2.77. The van der Waals surface area contributed by atoms with Crippen molar-refractivity contribution in [3.05, 3.63) is 60.2 Å². The predicted molar refractivity (Wildman–Crippen MR) is 92.3 cm³/mol. The van der Waals surface area contributed by atoms with E-state index in [1.165, 1.54) is 11.3 Å². The number of hydrogen-bond donors (Lipinski definition) is 1. The molecule has 0 saturated carbocycles. The van der Waals surface area contributed by atoms with Gasteiger partial charge in [0.1, 0.15) is 0 Å². The third-order valence-electron chi connectivity index (χ3n) is 4.70. The highest BCUT2D eigenvalue weighted by molar-refractivity contribution is 5.82. The molecule has 1 amide bonds. The van der Waals surface area contributed by atoms with E-state index in [0.29, 0.717) is 12.5 Å². The zero-order chi connectivity index (χ0) is 15.6. The van der Waals surface area contributed by atoms with Crippen molar-refractivity contribution in [2.75, 3.05) is 23.4 Å². The van der Waals surface area contributed by atoms with Gasteiger partial charge in [0, 0.05) is 24.7 Å². The topological polar surface area (TPSA) is 35.6 Å². The summed E-state index contributed by atoms with van der Waals surface area (Å²) in [6.07, 6.45) is 2.73. The van der Waals surface area contributed by atoms with E-state index in [0.717, 1.165) is 31.6 Å². The molecule has 1 unspecified atom stereocenters. The lowest BCUT2D eigenvalue weighted by molar-refractivity contribution is -0.128. The molecule has 2 aliphatic rings. The van der Waals surface area contributed by atoms with Crippen LogP contribution in [-0.4, -0.2) is 30.0 Å². The number of anilines is 2. The second-order valence-corrected chi connectivity index (χ2v) is 6.22. The molecule has 1 N–H and O–H groups in total. The number of hydrazine groups is 1. The van der Waals surface area contributed by atoms with Crippen LogP contribution in [-0.2, 0) is 11.2 Å². The average molecular weight is 307 g/mol. The van der Waals surface area contributed by atoms with E-state index in [-0.39, 0.29) is 5.91 Å². The minimum atomic E-state index is 0.217. The minimum Gasteiger partial charge on any atom is -0.380 e. The van der Waals surface area contributed by atoms with Gasteiger partial charge in [0.2, 0.25) is 5.91 Å². The lowest BCUT2D eigenvalue weighted by atomic mass is 9.98. The molecule has 1 fully saturated rings. The van der Waals surface area contributed by atoms with Crippen LogP contribution in [0.3, 0.4) is 0 Å². The molecule has 0 aromatic heterocycles. The molecule has 2 aliphatic heterocycles. The SMILES string of the molecule is O=C1CCN(c2ccccc2)N1CC1CCc2ccccc2N1. The molecule has 0 bridgehead atoms. The number of aryl methyl sites for hydroxylation is 1. The summed E-state index contributed by atoms with van der Waals surface area (Å²) in [7, 11) is 0. The summed E-state index contributed by atoms with van der Waals surface area (Å²) < 4.78 is 0. The largest absolute Gasteiger partial charge is 0.380 e. The van der Waals surface area contributed by atoms with E-state index in [1.54, 1.807) is 0 Å². The van der Waals surface area contributed by atoms with E-state index in [1.807, 2.05) is 23.2 Å². The van der Waals surface area contributed by atoms with Gasteiger partial charge in [0.05, 0.1) is 12.2 Å². The Labute approximate surface area is 136 Å². The Balaban J connectivity index is 1.50. The third-order valence-corrected chi connectivity index (χ3v) is 4.70. The van der Waals surface area contributed by atoms with Crippen LogP contribution in [0.25, 0.3) is 0 Å². The smallest absolute Gasteiger partial charge is 0.243 e.